The molecule has 2 fully saturated rings. The Bertz CT molecular complexity index is 796. The van der Waals surface area contributed by atoms with Crippen molar-refractivity contribution in [2.24, 2.45) is 11.3 Å². The third-order valence-corrected chi connectivity index (χ3v) is 6.05. The molecule has 164 valence electrons. The lowest BCUT2D eigenvalue weighted by Crippen LogP contribution is -2.46. The van der Waals surface area contributed by atoms with Gasteiger partial charge in [0.2, 0.25) is 11.8 Å². The number of halogens is 1. The van der Waals surface area contributed by atoms with Crippen LogP contribution in [0.4, 0.5) is 4.39 Å². The summed E-state index contributed by atoms with van der Waals surface area (Å²) < 4.78 is 18.5. The number of nitrogens with one attached hydrogen (secondary N) is 2. The summed E-state index contributed by atoms with van der Waals surface area (Å²) in [6, 6.07) is 6.43. The number of amides is 2. The van der Waals surface area contributed by atoms with Gasteiger partial charge in [-0.2, -0.15) is 0 Å². The molecule has 0 bridgehead atoms. The number of methoxy groups -OCH3 is 1. The maximum Gasteiger partial charge on any atom is 0.321 e. The molecule has 2 atom stereocenters. The summed E-state index contributed by atoms with van der Waals surface area (Å²) in [6.07, 6.45) is 2.75. The molecule has 8 heteroatoms. The van der Waals surface area contributed by atoms with Gasteiger partial charge in [-0.25, -0.2) is 4.39 Å². The van der Waals surface area contributed by atoms with Crippen molar-refractivity contribution >= 4 is 17.8 Å². The van der Waals surface area contributed by atoms with Gasteiger partial charge in [0, 0.05) is 25.7 Å². The van der Waals surface area contributed by atoms with E-state index in [0.29, 0.717) is 57.3 Å². The van der Waals surface area contributed by atoms with Crippen molar-refractivity contribution in [2.75, 3.05) is 33.8 Å². The average molecular weight is 419 g/mol. The summed E-state index contributed by atoms with van der Waals surface area (Å²) in [7, 11) is 3.21. The van der Waals surface area contributed by atoms with Crippen LogP contribution in [0.15, 0.2) is 24.3 Å². The fourth-order valence-corrected chi connectivity index (χ4v) is 4.08. The predicted molar refractivity (Wildman–Crippen MR) is 109 cm³/mol. The van der Waals surface area contributed by atoms with Crippen molar-refractivity contribution in [3.05, 3.63) is 35.6 Å². The molecule has 2 N–H and O–H groups in total. The van der Waals surface area contributed by atoms with Gasteiger partial charge in [-0.15, -0.1) is 0 Å². The lowest BCUT2D eigenvalue weighted by Gasteiger charge is -2.23. The molecule has 1 aliphatic heterocycles. The highest BCUT2D eigenvalue weighted by molar-refractivity contribution is 6.05. The van der Waals surface area contributed by atoms with Crippen LogP contribution in [0, 0.1) is 17.2 Å². The van der Waals surface area contributed by atoms with Gasteiger partial charge >= 0.3 is 5.97 Å². The Hall–Kier alpha value is -2.48. The van der Waals surface area contributed by atoms with Crippen molar-refractivity contribution in [3.8, 4) is 0 Å². The second-order valence-corrected chi connectivity index (χ2v) is 8.37. The van der Waals surface area contributed by atoms with E-state index in [1.54, 1.807) is 18.2 Å². The molecule has 1 aromatic rings. The number of hydrogen-bond acceptors (Lipinski definition) is 5. The number of esters is 1. The maximum absolute atomic E-state index is 13.7. The van der Waals surface area contributed by atoms with E-state index in [9.17, 15) is 18.8 Å². The normalized spacial score (nSPS) is 23.2. The summed E-state index contributed by atoms with van der Waals surface area (Å²) in [6.45, 7) is 1.57. The number of benzene rings is 1. The van der Waals surface area contributed by atoms with Crippen molar-refractivity contribution in [1.29, 1.82) is 0 Å². The van der Waals surface area contributed by atoms with Gasteiger partial charge in [0.15, 0.2) is 0 Å². The molecule has 1 saturated heterocycles. The minimum Gasteiger partial charge on any atom is -0.468 e. The molecule has 2 amide bonds. The maximum atomic E-state index is 13.7. The molecule has 7 nitrogen and oxygen atoms in total. The molecule has 3 rings (SSSR count). The van der Waals surface area contributed by atoms with Crippen LogP contribution in [-0.2, 0) is 25.5 Å². The number of ether oxygens (including phenoxy) is 1. The third-order valence-electron chi connectivity index (χ3n) is 6.05. The molecule has 1 heterocycles. The number of likely N-dealkylation sites (tertiary alicyclic amines) is 1. The van der Waals surface area contributed by atoms with E-state index < -0.39 is 11.4 Å². The summed E-state index contributed by atoms with van der Waals surface area (Å²) in [5, 5.41) is 5.89. The fraction of sp³-hybridized carbons (Fsp3) is 0.591. The number of carbonyl (C=O) groups excluding carboxylic acids is 3. The zero-order chi connectivity index (χ0) is 21.7. The molecule has 1 aromatic carbocycles. The Balaban J connectivity index is 1.48. The summed E-state index contributed by atoms with van der Waals surface area (Å²) in [4.78, 5) is 39.1. The molecular formula is C22H30FN3O4. The van der Waals surface area contributed by atoms with Crippen LogP contribution < -0.4 is 10.6 Å². The van der Waals surface area contributed by atoms with E-state index >= 15 is 0 Å². The molecule has 0 aromatic heterocycles. The molecule has 2 aliphatic rings. The minimum absolute atomic E-state index is 0.0570. The van der Waals surface area contributed by atoms with Crippen LogP contribution in [-0.4, -0.2) is 62.5 Å². The standard InChI is InChI=1S/C22H30FN3O4/c1-26-13-16(19(27)24-12-9-15-5-3-4-6-18(15)23)7-8-17(14-26)25-20(28)22(10-11-22)21(29)30-2/h3-6,16-17H,7-14H2,1-2H3,(H,24,27)(H,25,28)/t16-,17+/m1/s1. The topological polar surface area (TPSA) is 87.7 Å². The Labute approximate surface area is 176 Å². The largest absolute Gasteiger partial charge is 0.468 e. The summed E-state index contributed by atoms with van der Waals surface area (Å²) in [5.74, 6) is -1.28. The smallest absolute Gasteiger partial charge is 0.321 e. The zero-order valence-corrected chi connectivity index (χ0v) is 17.6. The molecule has 30 heavy (non-hydrogen) atoms. The highest BCUT2D eigenvalue weighted by Crippen LogP contribution is 2.47. The van der Waals surface area contributed by atoms with Crippen molar-refractivity contribution in [3.63, 3.8) is 0 Å². The van der Waals surface area contributed by atoms with Crippen LogP contribution >= 0.6 is 0 Å². The van der Waals surface area contributed by atoms with E-state index in [0.717, 1.165) is 0 Å². The first-order valence-corrected chi connectivity index (χ1v) is 10.4. The van der Waals surface area contributed by atoms with Crippen LogP contribution in [0.3, 0.4) is 0 Å². The van der Waals surface area contributed by atoms with Crippen LogP contribution in [0.25, 0.3) is 0 Å². The van der Waals surface area contributed by atoms with Crippen molar-refractivity contribution in [2.45, 2.75) is 38.1 Å². The zero-order valence-electron chi connectivity index (χ0n) is 17.6. The van der Waals surface area contributed by atoms with E-state index in [2.05, 4.69) is 10.6 Å². The second kappa shape index (κ2) is 9.55. The average Bonchev–Trinajstić information content (AvgIpc) is 3.54. The van der Waals surface area contributed by atoms with Crippen molar-refractivity contribution in [1.82, 2.24) is 15.5 Å². The lowest BCUT2D eigenvalue weighted by molar-refractivity contribution is -0.152. The van der Waals surface area contributed by atoms with E-state index in [-0.39, 0.29) is 29.6 Å². The highest BCUT2D eigenvalue weighted by atomic mass is 19.1. The van der Waals surface area contributed by atoms with Crippen LogP contribution in [0.2, 0.25) is 0 Å². The first-order valence-electron chi connectivity index (χ1n) is 10.4. The molecule has 1 aliphatic carbocycles. The van der Waals surface area contributed by atoms with Crippen LogP contribution in [0.5, 0.6) is 0 Å². The number of carbonyl (C=O) groups is 3. The fourth-order valence-electron chi connectivity index (χ4n) is 4.08. The molecule has 1 saturated carbocycles. The van der Waals surface area contributed by atoms with Crippen molar-refractivity contribution < 1.29 is 23.5 Å². The first kappa shape index (κ1) is 22.2. The number of likely N-dealkylation sites (N-methyl/N-ethyl adjacent to an activating group) is 1. The highest BCUT2D eigenvalue weighted by Gasteiger charge is 2.58. The van der Waals surface area contributed by atoms with Gasteiger partial charge in [-0.05, 0) is 50.8 Å². The predicted octanol–water partition coefficient (Wildman–Crippen LogP) is 1.26. The molecule has 0 radical (unpaired) electrons. The molecule has 0 spiro atoms. The lowest BCUT2D eigenvalue weighted by atomic mass is 10.00. The monoisotopic (exact) mass is 419 g/mol. The Morgan fingerprint density at radius 2 is 1.93 bits per heavy atom. The summed E-state index contributed by atoms with van der Waals surface area (Å²) >= 11 is 0. The molecular weight excluding hydrogens is 389 g/mol. The second-order valence-electron chi connectivity index (χ2n) is 8.37. The quantitative estimate of drug-likeness (QED) is 0.513. The number of hydrogen-bond donors (Lipinski definition) is 2. The Morgan fingerprint density at radius 1 is 1.20 bits per heavy atom. The first-order chi connectivity index (χ1) is 14.4. The molecule has 0 unspecified atom stereocenters. The van der Waals surface area contributed by atoms with Gasteiger partial charge in [0.1, 0.15) is 11.2 Å². The third kappa shape index (κ3) is 5.16. The van der Waals surface area contributed by atoms with Gasteiger partial charge < -0.3 is 20.3 Å². The van der Waals surface area contributed by atoms with E-state index in [4.69, 9.17) is 4.74 Å². The Morgan fingerprint density at radius 3 is 2.60 bits per heavy atom. The summed E-state index contributed by atoms with van der Waals surface area (Å²) in [5.41, 5.74) is -0.443. The van der Waals surface area contributed by atoms with Gasteiger partial charge in [0.05, 0.1) is 13.0 Å². The van der Waals surface area contributed by atoms with Gasteiger partial charge in [0.25, 0.3) is 0 Å². The van der Waals surface area contributed by atoms with Crippen LogP contribution in [0.1, 0.15) is 31.2 Å². The Kier molecular flexibility index (Phi) is 7.07. The van der Waals surface area contributed by atoms with Gasteiger partial charge in [-0.1, -0.05) is 18.2 Å². The van der Waals surface area contributed by atoms with Gasteiger partial charge in [-0.3, -0.25) is 14.4 Å². The SMILES string of the molecule is COC(=O)C1(C(=O)N[C@H]2CC[C@@H](C(=O)NCCc3ccccc3F)CN(C)C2)CC1. The minimum atomic E-state index is -1.02. The van der Waals surface area contributed by atoms with E-state index in [1.165, 1.54) is 13.2 Å². The number of nitrogens with zero attached hydrogens (tertiary/aromatic N) is 1. The number of rotatable bonds is 7. The van der Waals surface area contributed by atoms with E-state index in [1.807, 2.05) is 11.9 Å².